The average molecular weight is 493 g/mol. The van der Waals surface area contributed by atoms with Crippen LogP contribution in [0.2, 0.25) is 10.0 Å². The number of amides is 2. The maximum Gasteiger partial charge on any atom is 0.261 e. The quantitative estimate of drug-likeness (QED) is 0.466. The van der Waals surface area contributed by atoms with E-state index in [9.17, 15) is 9.59 Å². The maximum absolute atomic E-state index is 13.2. The molecule has 2 atom stereocenters. The number of nitrogens with one attached hydrogen (secondary N) is 1. The molecule has 1 N–H and O–H groups in total. The molecule has 0 saturated heterocycles. The van der Waals surface area contributed by atoms with Crippen molar-refractivity contribution < 1.29 is 14.3 Å². The van der Waals surface area contributed by atoms with Crippen molar-refractivity contribution in [2.24, 2.45) is 0 Å². The highest BCUT2D eigenvalue weighted by molar-refractivity contribution is 6.36. The van der Waals surface area contributed by atoms with E-state index in [1.807, 2.05) is 38.1 Å². The van der Waals surface area contributed by atoms with E-state index in [2.05, 4.69) is 26.1 Å². The van der Waals surface area contributed by atoms with Gasteiger partial charge in [-0.3, -0.25) is 9.59 Å². The van der Waals surface area contributed by atoms with E-state index < -0.39 is 6.04 Å². The van der Waals surface area contributed by atoms with Crippen LogP contribution in [0.1, 0.15) is 59.1 Å². The van der Waals surface area contributed by atoms with Crippen molar-refractivity contribution in [3.8, 4) is 5.75 Å². The Labute approximate surface area is 207 Å². The van der Waals surface area contributed by atoms with E-state index in [0.717, 1.165) is 6.42 Å². The fourth-order valence-corrected chi connectivity index (χ4v) is 3.70. The Balaban J connectivity index is 2.20. The first-order chi connectivity index (χ1) is 15.4. The Morgan fingerprint density at radius 3 is 2.12 bits per heavy atom. The van der Waals surface area contributed by atoms with Crippen LogP contribution < -0.4 is 10.1 Å². The maximum atomic E-state index is 13.2. The van der Waals surface area contributed by atoms with E-state index in [-0.39, 0.29) is 36.4 Å². The SMILES string of the molecule is CC[C@@H](C)NC(=O)[C@H](C)N(Cc1c(Cl)cccc1Cl)C(=O)COc1ccc(C(C)(C)C)cc1. The fraction of sp³-hybridized carbons (Fsp3) is 0.462. The van der Waals surface area contributed by atoms with Gasteiger partial charge in [0.15, 0.2) is 6.61 Å². The fourth-order valence-electron chi connectivity index (χ4n) is 3.18. The molecular formula is C26H34Cl2N2O3. The molecular weight excluding hydrogens is 459 g/mol. The molecule has 33 heavy (non-hydrogen) atoms. The number of nitrogens with zero attached hydrogens (tertiary/aromatic N) is 1. The number of hydrogen-bond donors (Lipinski definition) is 1. The highest BCUT2D eigenvalue weighted by Crippen LogP contribution is 2.27. The smallest absolute Gasteiger partial charge is 0.261 e. The first kappa shape index (κ1) is 27.0. The lowest BCUT2D eigenvalue weighted by molar-refractivity contribution is -0.142. The van der Waals surface area contributed by atoms with Crippen LogP contribution in [0, 0.1) is 0 Å². The topological polar surface area (TPSA) is 58.6 Å². The summed E-state index contributed by atoms with van der Waals surface area (Å²) in [6.07, 6.45) is 0.788. The molecule has 0 aromatic heterocycles. The van der Waals surface area contributed by atoms with Gasteiger partial charge in [0.05, 0.1) is 0 Å². The Morgan fingerprint density at radius 1 is 1.03 bits per heavy atom. The van der Waals surface area contributed by atoms with Gasteiger partial charge in [0.25, 0.3) is 5.91 Å². The first-order valence-electron chi connectivity index (χ1n) is 11.2. The summed E-state index contributed by atoms with van der Waals surface area (Å²) < 4.78 is 5.76. The molecule has 0 radical (unpaired) electrons. The van der Waals surface area contributed by atoms with Gasteiger partial charge in [0, 0.05) is 28.2 Å². The van der Waals surface area contributed by atoms with Crippen LogP contribution in [-0.2, 0) is 21.5 Å². The second-order valence-electron chi connectivity index (χ2n) is 9.28. The Morgan fingerprint density at radius 2 is 1.61 bits per heavy atom. The lowest BCUT2D eigenvalue weighted by Gasteiger charge is -2.30. The van der Waals surface area contributed by atoms with E-state index >= 15 is 0 Å². The van der Waals surface area contributed by atoms with Gasteiger partial charge in [-0.05, 0) is 55.5 Å². The summed E-state index contributed by atoms with van der Waals surface area (Å²) >= 11 is 12.7. The van der Waals surface area contributed by atoms with Crippen LogP contribution in [0.5, 0.6) is 5.75 Å². The predicted molar refractivity (Wildman–Crippen MR) is 135 cm³/mol. The molecule has 0 aliphatic heterocycles. The van der Waals surface area contributed by atoms with Crippen LogP contribution in [0.4, 0.5) is 0 Å². The minimum atomic E-state index is -0.731. The largest absolute Gasteiger partial charge is 0.484 e. The van der Waals surface area contributed by atoms with E-state index in [1.54, 1.807) is 25.1 Å². The lowest BCUT2D eigenvalue weighted by Crippen LogP contribution is -2.50. The highest BCUT2D eigenvalue weighted by Gasteiger charge is 2.28. The van der Waals surface area contributed by atoms with Gasteiger partial charge < -0.3 is 15.0 Å². The number of carbonyl (C=O) groups excluding carboxylic acids is 2. The predicted octanol–water partition coefficient (Wildman–Crippen LogP) is 6.00. The summed E-state index contributed by atoms with van der Waals surface area (Å²) in [6, 6.07) is 12.1. The van der Waals surface area contributed by atoms with Crippen molar-refractivity contribution in [3.05, 3.63) is 63.6 Å². The molecule has 0 unspecified atom stereocenters. The summed E-state index contributed by atoms with van der Waals surface area (Å²) in [5, 5.41) is 3.81. The molecule has 2 aromatic carbocycles. The zero-order valence-corrected chi connectivity index (χ0v) is 21.8. The van der Waals surface area contributed by atoms with Gasteiger partial charge in [-0.1, -0.05) is 69.1 Å². The molecule has 2 aromatic rings. The van der Waals surface area contributed by atoms with E-state index in [0.29, 0.717) is 21.4 Å². The normalized spacial score (nSPS) is 13.2. The van der Waals surface area contributed by atoms with Gasteiger partial charge in [-0.15, -0.1) is 0 Å². The number of rotatable bonds is 9. The Hall–Kier alpha value is -2.24. The molecule has 0 saturated carbocycles. The molecule has 7 heteroatoms. The molecule has 180 valence electrons. The average Bonchev–Trinajstić information content (AvgIpc) is 2.76. The van der Waals surface area contributed by atoms with Crippen molar-refractivity contribution in [1.82, 2.24) is 10.2 Å². The van der Waals surface area contributed by atoms with Gasteiger partial charge in [-0.2, -0.15) is 0 Å². The van der Waals surface area contributed by atoms with Gasteiger partial charge in [0.2, 0.25) is 5.91 Å². The number of carbonyl (C=O) groups is 2. The molecule has 0 bridgehead atoms. The first-order valence-corrected chi connectivity index (χ1v) is 12.0. The van der Waals surface area contributed by atoms with Crippen molar-refractivity contribution in [2.45, 2.75) is 72.0 Å². The third kappa shape index (κ3) is 7.65. The van der Waals surface area contributed by atoms with Crippen molar-refractivity contribution in [2.75, 3.05) is 6.61 Å². The summed E-state index contributed by atoms with van der Waals surface area (Å²) in [4.78, 5) is 27.5. The monoisotopic (exact) mass is 492 g/mol. The number of halogens is 2. The summed E-state index contributed by atoms with van der Waals surface area (Å²) in [6.45, 7) is 11.9. The van der Waals surface area contributed by atoms with Crippen molar-refractivity contribution in [1.29, 1.82) is 0 Å². The Kier molecular flexibility index (Phi) is 9.62. The van der Waals surface area contributed by atoms with Gasteiger partial charge in [0.1, 0.15) is 11.8 Å². The van der Waals surface area contributed by atoms with Crippen LogP contribution in [0.3, 0.4) is 0 Å². The third-order valence-corrected chi connectivity index (χ3v) is 6.35. The number of benzene rings is 2. The van der Waals surface area contributed by atoms with Crippen LogP contribution in [0.15, 0.2) is 42.5 Å². The molecule has 2 amide bonds. The minimum absolute atomic E-state index is 0.00150. The minimum Gasteiger partial charge on any atom is -0.484 e. The van der Waals surface area contributed by atoms with Gasteiger partial charge in [-0.25, -0.2) is 0 Å². The van der Waals surface area contributed by atoms with Crippen molar-refractivity contribution >= 4 is 35.0 Å². The van der Waals surface area contributed by atoms with Crippen molar-refractivity contribution in [3.63, 3.8) is 0 Å². The molecule has 0 fully saturated rings. The molecule has 0 spiro atoms. The molecule has 2 rings (SSSR count). The highest BCUT2D eigenvalue weighted by atomic mass is 35.5. The summed E-state index contributed by atoms with van der Waals surface area (Å²) in [5.41, 5.74) is 1.79. The number of hydrogen-bond acceptors (Lipinski definition) is 3. The van der Waals surface area contributed by atoms with Gasteiger partial charge >= 0.3 is 0 Å². The van der Waals surface area contributed by atoms with Crippen LogP contribution >= 0.6 is 23.2 Å². The van der Waals surface area contributed by atoms with Crippen LogP contribution in [0.25, 0.3) is 0 Å². The standard InChI is InChI=1S/C26H34Cl2N2O3/c1-7-17(2)29-25(32)18(3)30(15-21-22(27)9-8-10-23(21)28)24(31)16-33-20-13-11-19(12-14-20)26(4,5)6/h8-14,17-18H,7,15-16H2,1-6H3,(H,29,32)/t17-,18+/m1/s1. The molecule has 5 nitrogen and oxygen atoms in total. The zero-order chi connectivity index (χ0) is 24.8. The second kappa shape index (κ2) is 11.8. The zero-order valence-electron chi connectivity index (χ0n) is 20.2. The third-order valence-electron chi connectivity index (χ3n) is 5.64. The molecule has 0 heterocycles. The van der Waals surface area contributed by atoms with E-state index in [1.165, 1.54) is 10.5 Å². The van der Waals surface area contributed by atoms with E-state index in [4.69, 9.17) is 27.9 Å². The number of ether oxygens (including phenoxy) is 1. The Bertz CT molecular complexity index is 935. The molecule has 0 aliphatic rings. The second-order valence-corrected chi connectivity index (χ2v) is 10.1. The molecule has 0 aliphatic carbocycles. The summed E-state index contributed by atoms with van der Waals surface area (Å²) in [7, 11) is 0. The lowest BCUT2D eigenvalue weighted by atomic mass is 9.87. The van der Waals surface area contributed by atoms with Crippen LogP contribution in [-0.4, -0.2) is 35.4 Å². The summed E-state index contributed by atoms with van der Waals surface area (Å²) in [5.74, 6) is 0.0110.